The van der Waals surface area contributed by atoms with Crippen molar-refractivity contribution < 1.29 is 32.5 Å². The number of ether oxygens (including phenoxy) is 4. The van der Waals surface area contributed by atoms with Gasteiger partial charge < -0.3 is 23.4 Å². The highest BCUT2D eigenvalue weighted by Gasteiger charge is 2.34. The van der Waals surface area contributed by atoms with Crippen LogP contribution in [-0.2, 0) is 4.79 Å². The summed E-state index contributed by atoms with van der Waals surface area (Å²) in [5, 5.41) is 0.330. The second-order valence-electron chi connectivity index (χ2n) is 8.03. The Hall–Kier alpha value is -4.33. The molecule has 8 heteroatoms. The summed E-state index contributed by atoms with van der Waals surface area (Å²) in [5.41, 5.74) is 2.22. The van der Waals surface area contributed by atoms with Crippen LogP contribution in [0.1, 0.15) is 23.5 Å². The second kappa shape index (κ2) is 7.62. The minimum atomic E-state index is -0.469. The lowest BCUT2D eigenvalue weighted by Crippen LogP contribution is -2.22. The molecule has 0 amide bonds. The molecule has 0 saturated heterocycles. The molecule has 1 aromatic heterocycles. The van der Waals surface area contributed by atoms with Crippen LogP contribution in [0.2, 0.25) is 0 Å². The van der Waals surface area contributed by atoms with Crippen molar-refractivity contribution in [1.29, 1.82) is 0 Å². The molecular weight excluding hydrogens is 443 g/mol. The zero-order chi connectivity index (χ0) is 23.4. The standard InChI is InChI=1S/C26H17FO7/c1-30-20-8-14(9-21-26(20)33-12-32-21)17-10-22(28)34-19-7-6-16-24(29)18(11-31-25(16)23(17)19)13-2-4-15(27)5-3-13/h2-9,11,17H,10,12H2,1H3. The van der Waals surface area contributed by atoms with Crippen LogP contribution in [0.15, 0.2) is 64.0 Å². The summed E-state index contributed by atoms with van der Waals surface area (Å²) in [6, 6.07) is 12.4. The fourth-order valence-electron chi connectivity index (χ4n) is 4.52. The van der Waals surface area contributed by atoms with E-state index in [4.69, 9.17) is 23.4 Å². The predicted octanol–water partition coefficient (Wildman–Crippen LogP) is 4.78. The van der Waals surface area contributed by atoms with E-state index in [2.05, 4.69) is 0 Å². The third-order valence-corrected chi connectivity index (χ3v) is 6.12. The molecule has 4 aromatic rings. The monoisotopic (exact) mass is 460 g/mol. The SMILES string of the molecule is COc1cc(C2CC(=O)Oc3ccc4c(=O)c(-c5ccc(F)cc5)coc4c32)cc2c1OCO2. The van der Waals surface area contributed by atoms with Crippen LogP contribution in [0, 0.1) is 5.82 Å². The van der Waals surface area contributed by atoms with E-state index in [1.807, 2.05) is 0 Å². The third kappa shape index (κ3) is 3.10. The molecule has 170 valence electrons. The fourth-order valence-corrected chi connectivity index (χ4v) is 4.52. The first-order chi connectivity index (χ1) is 16.5. The summed E-state index contributed by atoms with van der Waals surface area (Å²) in [4.78, 5) is 25.8. The molecule has 2 aliphatic heterocycles. The number of fused-ring (bicyclic) bond motifs is 4. The highest BCUT2D eigenvalue weighted by atomic mass is 19.1. The molecule has 0 saturated carbocycles. The van der Waals surface area contributed by atoms with Crippen LogP contribution < -0.4 is 24.4 Å². The van der Waals surface area contributed by atoms with Gasteiger partial charge in [-0.2, -0.15) is 0 Å². The van der Waals surface area contributed by atoms with Gasteiger partial charge in [0.2, 0.25) is 18.0 Å². The summed E-state index contributed by atoms with van der Waals surface area (Å²) < 4.78 is 41.3. The van der Waals surface area contributed by atoms with Crippen LogP contribution in [0.3, 0.4) is 0 Å². The summed E-state index contributed by atoms with van der Waals surface area (Å²) in [7, 11) is 1.52. The molecule has 0 fully saturated rings. The van der Waals surface area contributed by atoms with Gasteiger partial charge in [0.15, 0.2) is 11.5 Å². The van der Waals surface area contributed by atoms with Crippen LogP contribution in [0.25, 0.3) is 22.1 Å². The van der Waals surface area contributed by atoms with Crippen molar-refractivity contribution in [2.24, 2.45) is 0 Å². The minimum absolute atomic E-state index is 0.0400. The Kier molecular flexibility index (Phi) is 4.55. The number of halogens is 1. The smallest absolute Gasteiger partial charge is 0.312 e. The average molecular weight is 460 g/mol. The Morgan fingerprint density at radius 2 is 1.82 bits per heavy atom. The van der Waals surface area contributed by atoms with Crippen LogP contribution in [0.4, 0.5) is 4.39 Å². The van der Waals surface area contributed by atoms with Crippen molar-refractivity contribution in [2.45, 2.75) is 12.3 Å². The average Bonchev–Trinajstić information content (AvgIpc) is 3.32. The summed E-state index contributed by atoms with van der Waals surface area (Å²) in [6.07, 6.45) is 1.39. The molecule has 0 bridgehead atoms. The molecule has 0 aliphatic carbocycles. The van der Waals surface area contributed by atoms with E-state index in [1.165, 1.54) is 37.6 Å². The second-order valence-corrected chi connectivity index (χ2v) is 8.03. The van der Waals surface area contributed by atoms with Gasteiger partial charge in [0.1, 0.15) is 23.4 Å². The van der Waals surface area contributed by atoms with Crippen molar-refractivity contribution in [1.82, 2.24) is 0 Å². The van der Waals surface area contributed by atoms with Crippen molar-refractivity contribution in [3.8, 4) is 34.1 Å². The molecule has 6 rings (SSSR count). The van der Waals surface area contributed by atoms with Crippen LogP contribution >= 0.6 is 0 Å². The Balaban J connectivity index is 1.55. The summed E-state index contributed by atoms with van der Waals surface area (Å²) in [5.74, 6) is 0.538. The highest BCUT2D eigenvalue weighted by molar-refractivity contribution is 5.90. The van der Waals surface area contributed by atoms with Gasteiger partial charge in [0.25, 0.3) is 0 Å². The molecule has 1 atom stereocenters. The molecule has 3 heterocycles. The molecule has 3 aromatic carbocycles. The number of carbonyl (C=O) groups excluding carboxylic acids is 1. The lowest BCUT2D eigenvalue weighted by molar-refractivity contribution is -0.135. The number of esters is 1. The van der Waals surface area contributed by atoms with Gasteiger partial charge in [-0.3, -0.25) is 9.59 Å². The first kappa shape index (κ1) is 20.3. The van der Waals surface area contributed by atoms with E-state index in [-0.39, 0.29) is 18.6 Å². The molecule has 0 N–H and O–H groups in total. The normalized spacial score (nSPS) is 16.3. The molecular formula is C26H17FO7. The number of hydrogen-bond donors (Lipinski definition) is 0. The van der Waals surface area contributed by atoms with E-state index in [1.54, 1.807) is 24.3 Å². The van der Waals surface area contributed by atoms with Gasteiger partial charge in [0.05, 0.1) is 24.5 Å². The number of rotatable bonds is 3. The minimum Gasteiger partial charge on any atom is -0.493 e. The number of benzene rings is 3. The van der Waals surface area contributed by atoms with E-state index in [0.717, 1.165) is 5.56 Å². The Morgan fingerprint density at radius 3 is 2.62 bits per heavy atom. The zero-order valence-electron chi connectivity index (χ0n) is 17.9. The maximum atomic E-state index is 13.3. The predicted molar refractivity (Wildman–Crippen MR) is 119 cm³/mol. The number of methoxy groups -OCH3 is 1. The largest absolute Gasteiger partial charge is 0.493 e. The maximum Gasteiger partial charge on any atom is 0.312 e. The Morgan fingerprint density at radius 1 is 1.00 bits per heavy atom. The zero-order valence-corrected chi connectivity index (χ0v) is 17.9. The van der Waals surface area contributed by atoms with Crippen molar-refractivity contribution >= 4 is 16.9 Å². The topological polar surface area (TPSA) is 84.2 Å². The number of carbonyl (C=O) groups is 1. The number of hydrogen-bond acceptors (Lipinski definition) is 7. The van der Waals surface area contributed by atoms with E-state index < -0.39 is 17.7 Å². The van der Waals surface area contributed by atoms with Gasteiger partial charge in [-0.15, -0.1) is 0 Å². The van der Waals surface area contributed by atoms with Gasteiger partial charge >= 0.3 is 5.97 Å². The maximum absolute atomic E-state index is 13.3. The summed E-state index contributed by atoms with van der Waals surface area (Å²) >= 11 is 0. The van der Waals surface area contributed by atoms with E-state index >= 15 is 0 Å². The van der Waals surface area contributed by atoms with E-state index in [9.17, 15) is 14.0 Å². The van der Waals surface area contributed by atoms with Crippen LogP contribution in [-0.4, -0.2) is 19.9 Å². The quantitative estimate of drug-likeness (QED) is 0.321. The molecule has 0 spiro atoms. The van der Waals surface area contributed by atoms with Gasteiger partial charge in [-0.25, -0.2) is 4.39 Å². The van der Waals surface area contributed by atoms with E-state index in [0.29, 0.717) is 50.7 Å². The Labute approximate surface area is 192 Å². The highest BCUT2D eigenvalue weighted by Crippen LogP contribution is 2.48. The first-order valence-electron chi connectivity index (χ1n) is 10.6. The first-order valence-corrected chi connectivity index (χ1v) is 10.6. The summed E-state index contributed by atoms with van der Waals surface area (Å²) in [6.45, 7) is 0.0718. The molecule has 0 radical (unpaired) electrons. The van der Waals surface area contributed by atoms with Crippen molar-refractivity contribution in [2.75, 3.05) is 13.9 Å². The van der Waals surface area contributed by atoms with Gasteiger partial charge in [-0.1, -0.05) is 12.1 Å². The molecule has 34 heavy (non-hydrogen) atoms. The van der Waals surface area contributed by atoms with Crippen molar-refractivity contribution in [3.05, 3.63) is 82.0 Å². The van der Waals surface area contributed by atoms with Crippen LogP contribution in [0.5, 0.6) is 23.0 Å². The van der Waals surface area contributed by atoms with Gasteiger partial charge in [0, 0.05) is 11.5 Å². The fraction of sp³-hybridized carbons (Fsp3) is 0.154. The van der Waals surface area contributed by atoms with Gasteiger partial charge in [-0.05, 0) is 47.5 Å². The lowest BCUT2D eigenvalue weighted by Gasteiger charge is -2.26. The molecule has 1 unspecified atom stereocenters. The molecule has 7 nitrogen and oxygen atoms in total. The van der Waals surface area contributed by atoms with Crippen molar-refractivity contribution in [3.63, 3.8) is 0 Å². The molecule has 2 aliphatic rings. The third-order valence-electron chi connectivity index (χ3n) is 6.12. The Bertz CT molecular complexity index is 1520. The lowest BCUT2D eigenvalue weighted by atomic mass is 9.85.